The Morgan fingerprint density at radius 3 is 2.50 bits per heavy atom. The normalized spacial score (nSPS) is 12.5. The SMILES string of the molecule is CCC(CC)C(O)CNC(=O)c1ccccc1F. The van der Waals surface area contributed by atoms with Crippen molar-refractivity contribution in [2.45, 2.75) is 32.8 Å². The highest BCUT2D eigenvalue weighted by Crippen LogP contribution is 2.12. The van der Waals surface area contributed by atoms with Gasteiger partial charge in [-0.15, -0.1) is 0 Å². The molecule has 0 fully saturated rings. The molecule has 0 bridgehead atoms. The van der Waals surface area contributed by atoms with E-state index in [2.05, 4.69) is 5.32 Å². The van der Waals surface area contributed by atoms with Crippen molar-refractivity contribution in [3.05, 3.63) is 35.6 Å². The van der Waals surface area contributed by atoms with E-state index in [4.69, 9.17) is 0 Å². The smallest absolute Gasteiger partial charge is 0.254 e. The number of benzene rings is 1. The Hall–Kier alpha value is -1.42. The van der Waals surface area contributed by atoms with Crippen molar-refractivity contribution in [2.75, 3.05) is 6.54 Å². The van der Waals surface area contributed by atoms with E-state index in [0.717, 1.165) is 12.8 Å². The Morgan fingerprint density at radius 2 is 1.94 bits per heavy atom. The van der Waals surface area contributed by atoms with Gasteiger partial charge in [-0.05, 0) is 18.1 Å². The second-order valence-corrected chi connectivity index (χ2v) is 4.33. The number of carbonyl (C=O) groups is 1. The van der Waals surface area contributed by atoms with Gasteiger partial charge < -0.3 is 10.4 Å². The van der Waals surface area contributed by atoms with Crippen molar-refractivity contribution in [3.8, 4) is 0 Å². The largest absolute Gasteiger partial charge is 0.391 e. The standard InChI is InChI=1S/C14H20FNO2/c1-3-10(4-2)13(17)9-16-14(18)11-7-5-6-8-12(11)15/h5-8,10,13,17H,3-4,9H2,1-2H3,(H,16,18). The van der Waals surface area contributed by atoms with Crippen LogP contribution < -0.4 is 5.32 Å². The van der Waals surface area contributed by atoms with Gasteiger partial charge in [0.1, 0.15) is 5.82 Å². The zero-order chi connectivity index (χ0) is 13.5. The van der Waals surface area contributed by atoms with E-state index in [-0.39, 0.29) is 18.0 Å². The first-order chi connectivity index (χ1) is 8.60. The summed E-state index contributed by atoms with van der Waals surface area (Å²) in [6, 6.07) is 5.81. The van der Waals surface area contributed by atoms with Crippen LogP contribution in [0.15, 0.2) is 24.3 Å². The molecule has 1 atom stereocenters. The fourth-order valence-corrected chi connectivity index (χ4v) is 1.94. The molecule has 0 saturated heterocycles. The summed E-state index contributed by atoms with van der Waals surface area (Å²) in [4.78, 5) is 11.7. The highest BCUT2D eigenvalue weighted by Gasteiger charge is 2.17. The molecule has 0 heterocycles. The van der Waals surface area contributed by atoms with Gasteiger partial charge in [-0.2, -0.15) is 0 Å². The molecule has 0 aliphatic heterocycles. The van der Waals surface area contributed by atoms with E-state index in [1.165, 1.54) is 18.2 Å². The van der Waals surface area contributed by atoms with E-state index < -0.39 is 17.8 Å². The van der Waals surface area contributed by atoms with Crippen molar-refractivity contribution in [1.29, 1.82) is 0 Å². The van der Waals surface area contributed by atoms with Crippen LogP contribution in [0.2, 0.25) is 0 Å². The first-order valence-corrected chi connectivity index (χ1v) is 6.30. The van der Waals surface area contributed by atoms with E-state index in [9.17, 15) is 14.3 Å². The minimum atomic E-state index is -0.587. The van der Waals surface area contributed by atoms with Gasteiger partial charge in [0.2, 0.25) is 0 Å². The maximum absolute atomic E-state index is 13.3. The topological polar surface area (TPSA) is 49.3 Å². The molecule has 0 aromatic heterocycles. The van der Waals surface area contributed by atoms with Crippen LogP contribution in [-0.2, 0) is 0 Å². The van der Waals surface area contributed by atoms with Gasteiger partial charge in [0.05, 0.1) is 11.7 Å². The molecule has 1 amide bonds. The fourth-order valence-electron chi connectivity index (χ4n) is 1.94. The Labute approximate surface area is 107 Å². The van der Waals surface area contributed by atoms with Gasteiger partial charge in [-0.25, -0.2) is 4.39 Å². The number of carbonyl (C=O) groups excluding carboxylic acids is 1. The van der Waals surface area contributed by atoms with Crippen molar-refractivity contribution in [3.63, 3.8) is 0 Å². The second-order valence-electron chi connectivity index (χ2n) is 4.33. The van der Waals surface area contributed by atoms with Crippen LogP contribution in [0.1, 0.15) is 37.0 Å². The molecule has 3 nitrogen and oxygen atoms in total. The summed E-state index contributed by atoms with van der Waals surface area (Å²) in [5, 5.41) is 12.4. The molecule has 0 aliphatic carbocycles. The maximum atomic E-state index is 13.3. The minimum absolute atomic E-state index is 0.00856. The number of aliphatic hydroxyl groups excluding tert-OH is 1. The number of hydrogen-bond acceptors (Lipinski definition) is 2. The Morgan fingerprint density at radius 1 is 1.33 bits per heavy atom. The summed E-state index contributed by atoms with van der Waals surface area (Å²) in [5.41, 5.74) is 0.00856. The molecule has 0 aliphatic rings. The lowest BCUT2D eigenvalue weighted by molar-refractivity contribution is 0.0813. The predicted octanol–water partition coefficient (Wildman–Crippen LogP) is 2.35. The summed E-state index contributed by atoms with van der Waals surface area (Å²) < 4.78 is 13.3. The second kappa shape index (κ2) is 7.11. The predicted molar refractivity (Wildman–Crippen MR) is 68.8 cm³/mol. The molecule has 18 heavy (non-hydrogen) atoms. The number of aliphatic hydroxyl groups is 1. The van der Waals surface area contributed by atoms with Crippen LogP contribution in [0, 0.1) is 11.7 Å². The molecule has 0 saturated carbocycles. The van der Waals surface area contributed by atoms with E-state index in [1.54, 1.807) is 6.07 Å². The molecule has 2 N–H and O–H groups in total. The summed E-state index contributed by atoms with van der Waals surface area (Å²) >= 11 is 0. The molecule has 1 unspecified atom stereocenters. The van der Waals surface area contributed by atoms with Crippen molar-refractivity contribution in [2.24, 2.45) is 5.92 Å². The molecule has 0 spiro atoms. The Balaban J connectivity index is 2.54. The van der Waals surface area contributed by atoms with Crippen molar-refractivity contribution >= 4 is 5.91 Å². The fraction of sp³-hybridized carbons (Fsp3) is 0.500. The molecule has 1 rings (SSSR count). The lowest BCUT2D eigenvalue weighted by Crippen LogP contribution is -2.36. The number of halogens is 1. The number of hydrogen-bond donors (Lipinski definition) is 2. The lowest BCUT2D eigenvalue weighted by Gasteiger charge is -2.20. The molecular weight excluding hydrogens is 233 g/mol. The highest BCUT2D eigenvalue weighted by molar-refractivity contribution is 5.94. The molecule has 100 valence electrons. The highest BCUT2D eigenvalue weighted by atomic mass is 19.1. The summed E-state index contributed by atoms with van der Waals surface area (Å²) in [6.07, 6.45) is 1.12. The third-order valence-corrected chi connectivity index (χ3v) is 3.18. The Kier molecular flexibility index (Phi) is 5.78. The zero-order valence-corrected chi connectivity index (χ0v) is 10.8. The maximum Gasteiger partial charge on any atom is 0.254 e. The van der Waals surface area contributed by atoms with Gasteiger partial charge in [0.25, 0.3) is 5.91 Å². The average Bonchev–Trinajstić information content (AvgIpc) is 2.38. The average molecular weight is 253 g/mol. The Bertz CT molecular complexity index is 391. The third-order valence-electron chi connectivity index (χ3n) is 3.18. The minimum Gasteiger partial charge on any atom is -0.391 e. The first-order valence-electron chi connectivity index (χ1n) is 6.30. The van der Waals surface area contributed by atoms with Gasteiger partial charge in [0.15, 0.2) is 0 Å². The van der Waals surface area contributed by atoms with Crippen LogP contribution in [0.4, 0.5) is 4.39 Å². The summed E-state index contributed by atoms with van der Waals surface area (Å²) in [5.74, 6) is -0.879. The van der Waals surface area contributed by atoms with Crippen LogP contribution in [-0.4, -0.2) is 23.7 Å². The van der Waals surface area contributed by atoms with Gasteiger partial charge in [-0.3, -0.25) is 4.79 Å². The van der Waals surface area contributed by atoms with Crippen molar-refractivity contribution < 1.29 is 14.3 Å². The van der Waals surface area contributed by atoms with Gasteiger partial charge in [-0.1, -0.05) is 38.8 Å². The summed E-state index contributed by atoms with van der Waals surface area (Å²) in [6.45, 7) is 4.14. The number of rotatable bonds is 6. The third kappa shape index (κ3) is 3.81. The summed E-state index contributed by atoms with van der Waals surface area (Å²) in [7, 11) is 0. The molecular formula is C14H20FNO2. The molecule has 4 heteroatoms. The van der Waals surface area contributed by atoms with E-state index in [1.807, 2.05) is 13.8 Å². The molecule has 1 aromatic carbocycles. The lowest BCUT2D eigenvalue weighted by atomic mass is 9.96. The first kappa shape index (κ1) is 14.6. The van der Waals surface area contributed by atoms with Crippen LogP contribution in [0.5, 0.6) is 0 Å². The van der Waals surface area contributed by atoms with E-state index >= 15 is 0 Å². The van der Waals surface area contributed by atoms with Gasteiger partial charge in [0, 0.05) is 6.54 Å². The monoisotopic (exact) mass is 253 g/mol. The molecule has 1 aromatic rings. The van der Waals surface area contributed by atoms with Gasteiger partial charge >= 0.3 is 0 Å². The number of amides is 1. The van der Waals surface area contributed by atoms with Crippen LogP contribution in [0.3, 0.4) is 0 Å². The van der Waals surface area contributed by atoms with Crippen LogP contribution >= 0.6 is 0 Å². The quantitative estimate of drug-likeness (QED) is 0.817. The number of nitrogens with one attached hydrogen (secondary N) is 1. The molecule has 0 radical (unpaired) electrons. The van der Waals surface area contributed by atoms with Crippen molar-refractivity contribution in [1.82, 2.24) is 5.32 Å². The zero-order valence-electron chi connectivity index (χ0n) is 10.8. The van der Waals surface area contributed by atoms with E-state index in [0.29, 0.717) is 0 Å². The van der Waals surface area contributed by atoms with Crippen LogP contribution in [0.25, 0.3) is 0 Å².